The summed E-state index contributed by atoms with van der Waals surface area (Å²) in [4.78, 5) is 34.4. The van der Waals surface area contributed by atoms with E-state index in [9.17, 15) is 14.0 Å². The Morgan fingerprint density at radius 3 is 2.50 bits per heavy atom. The highest BCUT2D eigenvalue weighted by Gasteiger charge is 2.46. The van der Waals surface area contributed by atoms with Crippen LogP contribution in [-0.4, -0.2) is 70.6 Å². The highest BCUT2D eigenvalue weighted by atomic mass is 19.1. The second-order valence-corrected chi connectivity index (χ2v) is 10.3. The van der Waals surface area contributed by atoms with E-state index in [0.717, 1.165) is 11.1 Å². The number of rotatable bonds is 3. The summed E-state index contributed by atoms with van der Waals surface area (Å²) in [7, 11) is 0. The predicted octanol–water partition coefficient (Wildman–Crippen LogP) is 2.61. The Kier molecular flexibility index (Phi) is 5.34. The molecule has 0 spiro atoms. The summed E-state index contributed by atoms with van der Waals surface area (Å²) in [6, 6.07) is 8.01. The average molecular weight is 492 g/mol. The summed E-state index contributed by atoms with van der Waals surface area (Å²) in [5, 5.41) is 18.3. The highest BCUT2D eigenvalue weighted by Crippen LogP contribution is 2.31. The van der Waals surface area contributed by atoms with E-state index in [-0.39, 0.29) is 47.8 Å². The zero-order chi connectivity index (χ0) is 25.8. The first kappa shape index (κ1) is 23.5. The fraction of sp³-hybridized carbons (Fsp3) is 0.375. The number of halogens is 1. The fourth-order valence-electron chi connectivity index (χ4n) is 4.38. The first-order chi connectivity index (χ1) is 17.0. The van der Waals surface area contributed by atoms with E-state index >= 15 is 0 Å². The van der Waals surface area contributed by atoms with Crippen molar-refractivity contribution < 1.29 is 14.0 Å². The summed E-state index contributed by atoms with van der Waals surface area (Å²) >= 11 is 0. The van der Waals surface area contributed by atoms with Crippen LogP contribution in [0.3, 0.4) is 0 Å². The van der Waals surface area contributed by atoms with Crippen molar-refractivity contribution in [1.29, 1.82) is 0 Å². The molecular weight excluding hydrogens is 465 g/mol. The average Bonchev–Trinajstić information content (AvgIpc) is 3.49. The number of aromatic nitrogens is 7. The van der Waals surface area contributed by atoms with Gasteiger partial charge in [0.2, 0.25) is 0 Å². The van der Waals surface area contributed by atoms with Gasteiger partial charge in [-0.3, -0.25) is 14.5 Å². The molecule has 1 aromatic carbocycles. The lowest BCUT2D eigenvalue weighted by atomic mass is 9.87. The number of nitrogens with zero attached hydrogens (tertiary/aromatic N) is 8. The van der Waals surface area contributed by atoms with Gasteiger partial charge in [0, 0.05) is 24.2 Å². The van der Waals surface area contributed by atoms with Crippen molar-refractivity contribution >= 4 is 23.4 Å². The van der Waals surface area contributed by atoms with Crippen LogP contribution in [-0.2, 0) is 10.2 Å². The molecule has 5 rings (SSSR count). The molecule has 0 atom stereocenters. The summed E-state index contributed by atoms with van der Waals surface area (Å²) < 4.78 is 15.1. The lowest BCUT2D eigenvalue weighted by Crippen LogP contribution is -2.65. The van der Waals surface area contributed by atoms with Gasteiger partial charge in [-0.05, 0) is 54.8 Å². The van der Waals surface area contributed by atoms with Crippen LogP contribution >= 0.6 is 0 Å². The maximum Gasteiger partial charge on any atom is 0.275 e. The minimum atomic E-state index is -1.16. The van der Waals surface area contributed by atoms with Crippen LogP contribution in [0.15, 0.2) is 36.5 Å². The Bertz CT molecular complexity index is 1450. The van der Waals surface area contributed by atoms with Gasteiger partial charge in [-0.1, -0.05) is 25.9 Å². The molecule has 0 bridgehead atoms. The number of fused-ring (bicyclic) bond motifs is 1. The second kappa shape index (κ2) is 8.18. The number of carbonyl (C=O) groups is 2. The molecule has 0 radical (unpaired) electrons. The predicted molar refractivity (Wildman–Crippen MR) is 129 cm³/mol. The number of piperazine rings is 1. The highest BCUT2D eigenvalue weighted by molar-refractivity contribution is 6.04. The number of nitrogens with one attached hydrogen (secondary N) is 1. The Hall–Kier alpha value is -4.22. The first-order valence-corrected chi connectivity index (χ1v) is 11.5. The third kappa shape index (κ3) is 3.88. The molecule has 0 saturated carbocycles. The van der Waals surface area contributed by atoms with Gasteiger partial charge in [0.25, 0.3) is 17.8 Å². The molecule has 36 heavy (non-hydrogen) atoms. The summed E-state index contributed by atoms with van der Waals surface area (Å²) in [6.07, 6.45) is 1.58. The van der Waals surface area contributed by atoms with Gasteiger partial charge in [0.15, 0.2) is 5.65 Å². The Morgan fingerprint density at radius 2 is 1.86 bits per heavy atom. The summed E-state index contributed by atoms with van der Waals surface area (Å²) in [5.41, 5.74) is 1.52. The lowest BCUT2D eigenvalue weighted by Gasteiger charge is -2.44. The molecule has 1 aliphatic rings. The minimum absolute atomic E-state index is 0.167. The van der Waals surface area contributed by atoms with E-state index in [4.69, 9.17) is 0 Å². The molecule has 1 fully saturated rings. The van der Waals surface area contributed by atoms with Gasteiger partial charge >= 0.3 is 0 Å². The van der Waals surface area contributed by atoms with Crippen LogP contribution < -0.4 is 4.90 Å². The molecule has 186 valence electrons. The molecule has 0 aliphatic carbocycles. The van der Waals surface area contributed by atoms with Gasteiger partial charge in [-0.2, -0.15) is 10.3 Å². The molecular formula is C24H26FN9O2. The number of hydrogen-bond acceptors (Lipinski definition) is 7. The molecule has 4 aromatic rings. The zero-order valence-corrected chi connectivity index (χ0v) is 20.7. The van der Waals surface area contributed by atoms with Crippen LogP contribution in [0.5, 0.6) is 0 Å². The minimum Gasteiger partial charge on any atom is -0.321 e. The summed E-state index contributed by atoms with van der Waals surface area (Å²) in [6.45, 7) is 9.99. The Labute approximate surface area is 206 Å². The number of amides is 2. The monoisotopic (exact) mass is 491 g/mol. The fourth-order valence-corrected chi connectivity index (χ4v) is 4.38. The van der Waals surface area contributed by atoms with Crippen molar-refractivity contribution in [2.24, 2.45) is 0 Å². The summed E-state index contributed by atoms with van der Waals surface area (Å²) in [5.74, 6) is -0.864. The van der Waals surface area contributed by atoms with Gasteiger partial charge in [-0.15, -0.1) is 5.10 Å². The van der Waals surface area contributed by atoms with E-state index in [0.29, 0.717) is 11.3 Å². The molecule has 11 nitrogen and oxygen atoms in total. The van der Waals surface area contributed by atoms with Crippen LogP contribution in [0.1, 0.15) is 50.7 Å². The first-order valence-electron chi connectivity index (χ1n) is 11.5. The van der Waals surface area contributed by atoms with Crippen LogP contribution in [0.2, 0.25) is 0 Å². The van der Waals surface area contributed by atoms with Gasteiger partial charge in [-0.25, -0.2) is 13.9 Å². The van der Waals surface area contributed by atoms with Gasteiger partial charge < -0.3 is 4.90 Å². The van der Waals surface area contributed by atoms with E-state index in [1.165, 1.54) is 21.9 Å². The maximum atomic E-state index is 13.6. The number of anilines is 1. The maximum absolute atomic E-state index is 13.6. The lowest BCUT2D eigenvalue weighted by molar-refractivity contribution is -0.130. The molecule has 12 heteroatoms. The zero-order valence-electron chi connectivity index (χ0n) is 20.7. The quantitative estimate of drug-likeness (QED) is 0.467. The third-order valence-corrected chi connectivity index (χ3v) is 6.40. The number of hydrogen-bond donors (Lipinski definition) is 1. The molecule has 2 amide bonds. The van der Waals surface area contributed by atoms with Crippen LogP contribution in [0.25, 0.3) is 16.9 Å². The molecule has 3 aromatic heterocycles. The van der Waals surface area contributed by atoms with Crippen LogP contribution in [0.4, 0.5) is 10.3 Å². The van der Waals surface area contributed by atoms with E-state index < -0.39 is 5.54 Å². The van der Waals surface area contributed by atoms with E-state index in [1.807, 2.05) is 26.8 Å². The Balaban J connectivity index is 1.53. The standard InChI is InChI=1S/C24H26FN9O2/c1-23(2,3)16-12-17(14-6-8-15(25)9-7-14)29-34-13-18(26-19(16)34)20(35)33-11-10-32(21(36)24(33,4)5)22-27-30-31-28-22/h6-9,12-13H,10-11H2,1-5H3,(H,27,28,30,31). The van der Waals surface area contributed by atoms with Gasteiger partial charge in [0.1, 0.15) is 17.1 Å². The molecule has 0 unspecified atom stereocenters. The van der Waals surface area contributed by atoms with Crippen molar-refractivity contribution in [2.45, 2.75) is 45.6 Å². The third-order valence-electron chi connectivity index (χ3n) is 6.40. The number of tetrazole rings is 1. The van der Waals surface area contributed by atoms with E-state index in [1.54, 1.807) is 36.7 Å². The van der Waals surface area contributed by atoms with Gasteiger partial charge in [0.05, 0.1) is 11.9 Å². The van der Waals surface area contributed by atoms with Crippen molar-refractivity contribution in [3.63, 3.8) is 0 Å². The van der Waals surface area contributed by atoms with Crippen molar-refractivity contribution in [2.75, 3.05) is 18.0 Å². The number of aromatic amines is 1. The number of imidazole rings is 1. The number of carbonyl (C=O) groups excluding carboxylic acids is 2. The molecule has 4 heterocycles. The number of H-pyrrole nitrogens is 1. The number of benzene rings is 1. The van der Waals surface area contributed by atoms with Crippen molar-refractivity contribution in [1.82, 2.24) is 40.1 Å². The Morgan fingerprint density at radius 1 is 1.14 bits per heavy atom. The topological polar surface area (TPSA) is 125 Å². The van der Waals surface area contributed by atoms with Crippen molar-refractivity contribution in [3.05, 3.63) is 53.6 Å². The van der Waals surface area contributed by atoms with Crippen LogP contribution in [0, 0.1) is 5.82 Å². The normalized spacial score (nSPS) is 16.1. The second-order valence-electron chi connectivity index (χ2n) is 10.3. The smallest absolute Gasteiger partial charge is 0.275 e. The van der Waals surface area contributed by atoms with E-state index in [2.05, 4.69) is 30.7 Å². The SMILES string of the molecule is CC(C)(C)c1cc(-c2ccc(F)cc2)nn2cc(C(=O)N3CCN(c4nn[nH]n4)C(=O)C3(C)C)nc12. The largest absolute Gasteiger partial charge is 0.321 e. The van der Waals surface area contributed by atoms with Crippen molar-refractivity contribution in [3.8, 4) is 11.3 Å². The molecule has 1 saturated heterocycles. The molecule has 1 aliphatic heterocycles. The molecule has 1 N–H and O–H groups in total.